The van der Waals surface area contributed by atoms with Crippen LogP contribution in [0.1, 0.15) is 44.5 Å². The first-order chi connectivity index (χ1) is 9.60. The fraction of sp³-hybridized carbons (Fsp3) is 0.471. The van der Waals surface area contributed by atoms with E-state index in [1.165, 1.54) is 5.56 Å². The van der Waals surface area contributed by atoms with Gasteiger partial charge in [-0.15, -0.1) is 0 Å². The van der Waals surface area contributed by atoms with E-state index in [2.05, 4.69) is 72.2 Å². The molecule has 1 heterocycles. The van der Waals surface area contributed by atoms with E-state index >= 15 is 0 Å². The summed E-state index contributed by atoms with van der Waals surface area (Å²) in [6.07, 6.45) is 3.16. The number of hydrogen-bond acceptors (Lipinski definition) is 2. The molecule has 2 aromatic rings. The molecule has 1 atom stereocenters. The zero-order chi connectivity index (χ0) is 14.5. The van der Waals surface area contributed by atoms with E-state index in [4.69, 9.17) is 0 Å². The monoisotopic (exact) mass is 271 g/mol. The van der Waals surface area contributed by atoms with Crippen LogP contribution in [0.25, 0.3) is 0 Å². The minimum atomic E-state index is 0.309. The molecule has 0 saturated heterocycles. The fourth-order valence-corrected chi connectivity index (χ4v) is 2.46. The maximum atomic E-state index is 4.63. The van der Waals surface area contributed by atoms with E-state index in [1.54, 1.807) is 0 Å². The number of rotatable bonds is 6. The van der Waals surface area contributed by atoms with Crippen molar-refractivity contribution in [2.45, 2.75) is 46.7 Å². The Morgan fingerprint density at radius 3 is 2.50 bits per heavy atom. The van der Waals surface area contributed by atoms with Gasteiger partial charge in [0, 0.05) is 12.7 Å². The summed E-state index contributed by atoms with van der Waals surface area (Å²) in [5.41, 5.74) is 2.38. The summed E-state index contributed by atoms with van der Waals surface area (Å²) in [6, 6.07) is 10.9. The third kappa shape index (κ3) is 3.62. The zero-order valence-corrected chi connectivity index (χ0v) is 12.9. The largest absolute Gasteiger partial charge is 0.349 e. The highest BCUT2D eigenvalue weighted by Crippen LogP contribution is 2.22. The average Bonchev–Trinajstić information content (AvgIpc) is 2.76. The Morgan fingerprint density at radius 1 is 1.20 bits per heavy atom. The quantitative estimate of drug-likeness (QED) is 0.843. The SMILES string of the molecule is CCC(Nc1nc(C)cn1CC(C)C)c1ccccc1. The van der Waals surface area contributed by atoms with E-state index in [0.717, 1.165) is 24.6 Å². The van der Waals surface area contributed by atoms with Crippen molar-refractivity contribution in [3.63, 3.8) is 0 Å². The van der Waals surface area contributed by atoms with Crippen LogP contribution in [0.15, 0.2) is 36.5 Å². The first-order valence-corrected chi connectivity index (χ1v) is 7.45. The molecule has 0 fully saturated rings. The highest BCUT2D eigenvalue weighted by Gasteiger charge is 2.13. The van der Waals surface area contributed by atoms with E-state index in [1.807, 2.05) is 6.92 Å². The van der Waals surface area contributed by atoms with Crippen LogP contribution >= 0.6 is 0 Å². The van der Waals surface area contributed by atoms with Gasteiger partial charge >= 0.3 is 0 Å². The van der Waals surface area contributed by atoms with Gasteiger partial charge in [0.15, 0.2) is 0 Å². The predicted octanol–water partition coefficient (Wildman–Crippen LogP) is 4.41. The Bertz CT molecular complexity index is 528. The summed E-state index contributed by atoms with van der Waals surface area (Å²) in [4.78, 5) is 4.63. The number of nitrogens with zero attached hydrogens (tertiary/aromatic N) is 2. The van der Waals surface area contributed by atoms with Gasteiger partial charge < -0.3 is 9.88 Å². The van der Waals surface area contributed by atoms with E-state index in [9.17, 15) is 0 Å². The maximum absolute atomic E-state index is 4.63. The number of benzene rings is 1. The minimum Gasteiger partial charge on any atom is -0.349 e. The summed E-state index contributed by atoms with van der Waals surface area (Å²) < 4.78 is 2.23. The highest BCUT2D eigenvalue weighted by molar-refractivity contribution is 5.34. The summed E-state index contributed by atoms with van der Waals surface area (Å²) in [6.45, 7) is 9.70. The second-order valence-corrected chi connectivity index (χ2v) is 5.77. The molecule has 0 saturated carbocycles. The van der Waals surface area contributed by atoms with Crippen LogP contribution in [0.3, 0.4) is 0 Å². The molecular weight excluding hydrogens is 246 g/mol. The number of nitrogens with one attached hydrogen (secondary N) is 1. The molecule has 0 spiro atoms. The molecule has 0 bridgehead atoms. The maximum Gasteiger partial charge on any atom is 0.203 e. The second-order valence-electron chi connectivity index (χ2n) is 5.77. The van der Waals surface area contributed by atoms with Crippen molar-refractivity contribution in [3.05, 3.63) is 47.8 Å². The van der Waals surface area contributed by atoms with Crippen LogP contribution in [0.2, 0.25) is 0 Å². The van der Waals surface area contributed by atoms with Gasteiger partial charge in [0.25, 0.3) is 0 Å². The molecule has 0 aliphatic rings. The van der Waals surface area contributed by atoms with Crippen LogP contribution < -0.4 is 5.32 Å². The zero-order valence-electron chi connectivity index (χ0n) is 12.9. The molecule has 20 heavy (non-hydrogen) atoms. The molecule has 0 amide bonds. The van der Waals surface area contributed by atoms with Crippen molar-refractivity contribution in [2.75, 3.05) is 5.32 Å². The Kier molecular flexibility index (Phi) is 4.83. The lowest BCUT2D eigenvalue weighted by molar-refractivity contribution is 0.523. The first-order valence-electron chi connectivity index (χ1n) is 7.45. The van der Waals surface area contributed by atoms with Crippen molar-refractivity contribution in [3.8, 4) is 0 Å². The topological polar surface area (TPSA) is 29.9 Å². The Morgan fingerprint density at radius 2 is 1.90 bits per heavy atom. The summed E-state index contributed by atoms with van der Waals surface area (Å²) in [5, 5.41) is 3.59. The number of hydrogen-bond donors (Lipinski definition) is 1. The number of aromatic nitrogens is 2. The molecule has 1 aromatic carbocycles. The fourth-order valence-electron chi connectivity index (χ4n) is 2.46. The van der Waals surface area contributed by atoms with E-state index < -0.39 is 0 Å². The highest BCUT2D eigenvalue weighted by atomic mass is 15.2. The van der Waals surface area contributed by atoms with Gasteiger partial charge in [0.05, 0.1) is 11.7 Å². The van der Waals surface area contributed by atoms with Crippen molar-refractivity contribution in [2.24, 2.45) is 5.92 Å². The number of anilines is 1. The molecule has 0 aliphatic carbocycles. The van der Waals surface area contributed by atoms with Gasteiger partial charge in [-0.25, -0.2) is 4.98 Å². The standard InChI is InChI=1S/C17H25N3/c1-5-16(15-9-7-6-8-10-15)19-17-18-14(4)12-20(17)11-13(2)3/h6-10,12-13,16H,5,11H2,1-4H3,(H,18,19). The smallest absolute Gasteiger partial charge is 0.203 e. The lowest BCUT2D eigenvalue weighted by atomic mass is 10.1. The van der Waals surface area contributed by atoms with Gasteiger partial charge in [-0.3, -0.25) is 0 Å². The van der Waals surface area contributed by atoms with E-state index in [0.29, 0.717) is 12.0 Å². The first kappa shape index (κ1) is 14.6. The van der Waals surface area contributed by atoms with Gasteiger partial charge in [-0.05, 0) is 24.8 Å². The molecule has 1 aromatic heterocycles. The van der Waals surface area contributed by atoms with Crippen LogP contribution in [0.4, 0.5) is 5.95 Å². The van der Waals surface area contributed by atoms with Crippen LogP contribution in [0, 0.1) is 12.8 Å². The van der Waals surface area contributed by atoms with Gasteiger partial charge in [-0.1, -0.05) is 51.1 Å². The molecule has 108 valence electrons. The van der Waals surface area contributed by atoms with Crippen molar-refractivity contribution in [1.82, 2.24) is 9.55 Å². The van der Waals surface area contributed by atoms with Crippen molar-refractivity contribution < 1.29 is 0 Å². The number of aryl methyl sites for hydroxylation is 1. The minimum absolute atomic E-state index is 0.309. The molecule has 1 N–H and O–H groups in total. The molecule has 1 unspecified atom stereocenters. The lowest BCUT2D eigenvalue weighted by Crippen LogP contribution is -2.15. The van der Waals surface area contributed by atoms with Gasteiger partial charge in [-0.2, -0.15) is 0 Å². The Labute approximate surface area is 122 Å². The van der Waals surface area contributed by atoms with Crippen LogP contribution in [-0.2, 0) is 6.54 Å². The Hall–Kier alpha value is -1.77. The van der Waals surface area contributed by atoms with Crippen molar-refractivity contribution in [1.29, 1.82) is 0 Å². The lowest BCUT2D eigenvalue weighted by Gasteiger charge is -2.19. The second kappa shape index (κ2) is 6.60. The molecule has 3 heteroatoms. The molecular formula is C17H25N3. The molecule has 3 nitrogen and oxygen atoms in total. The molecule has 0 aliphatic heterocycles. The molecule has 2 rings (SSSR count). The van der Waals surface area contributed by atoms with Crippen molar-refractivity contribution >= 4 is 5.95 Å². The third-order valence-corrected chi connectivity index (χ3v) is 3.37. The van der Waals surface area contributed by atoms with Gasteiger partial charge in [0.1, 0.15) is 0 Å². The number of imidazole rings is 1. The third-order valence-electron chi connectivity index (χ3n) is 3.37. The van der Waals surface area contributed by atoms with Crippen LogP contribution in [-0.4, -0.2) is 9.55 Å². The van der Waals surface area contributed by atoms with Crippen LogP contribution in [0.5, 0.6) is 0 Å². The predicted molar refractivity (Wildman–Crippen MR) is 84.9 cm³/mol. The molecule has 0 radical (unpaired) electrons. The summed E-state index contributed by atoms with van der Waals surface area (Å²) >= 11 is 0. The Balaban J connectivity index is 2.19. The summed E-state index contributed by atoms with van der Waals surface area (Å²) in [5.74, 6) is 1.59. The van der Waals surface area contributed by atoms with E-state index in [-0.39, 0.29) is 0 Å². The summed E-state index contributed by atoms with van der Waals surface area (Å²) in [7, 11) is 0. The normalized spacial score (nSPS) is 12.7. The van der Waals surface area contributed by atoms with Gasteiger partial charge in [0.2, 0.25) is 5.95 Å². The average molecular weight is 271 g/mol.